The maximum Gasteiger partial charge on any atom is 0.0425 e. The Morgan fingerprint density at radius 3 is 1.62 bits per heavy atom. The molecule has 4 aliphatic carbocycles. The fourth-order valence-corrected chi connectivity index (χ4v) is 13.0. The summed E-state index contributed by atoms with van der Waals surface area (Å²) in [4.78, 5) is 0. The summed E-state index contributed by atoms with van der Waals surface area (Å²) in [6.07, 6.45) is 37.3. The Balaban J connectivity index is 0.000000461. The van der Waals surface area contributed by atoms with E-state index >= 15 is 0 Å². The van der Waals surface area contributed by atoms with Gasteiger partial charge < -0.3 is 0 Å². The van der Waals surface area contributed by atoms with Crippen LogP contribution in [0.1, 0.15) is 116 Å². The summed E-state index contributed by atoms with van der Waals surface area (Å²) < 4.78 is 5.89. The maximum atomic E-state index is 5.89. The molecule has 0 bridgehead atoms. The van der Waals surface area contributed by atoms with Crippen LogP contribution in [-0.2, 0) is 21.7 Å². The van der Waals surface area contributed by atoms with Crippen molar-refractivity contribution in [2.75, 3.05) is 0 Å². The summed E-state index contributed by atoms with van der Waals surface area (Å²) in [5, 5.41) is 0. The molecule has 0 spiro atoms. The van der Waals surface area contributed by atoms with Crippen molar-refractivity contribution in [3.63, 3.8) is 0 Å². The summed E-state index contributed by atoms with van der Waals surface area (Å²) in [6, 6.07) is 0. The van der Waals surface area contributed by atoms with Crippen molar-refractivity contribution < 1.29 is 21.7 Å². The first-order valence-corrected chi connectivity index (χ1v) is 15.5. The van der Waals surface area contributed by atoms with Crippen LogP contribution >= 0.6 is 7.05 Å². The predicted molar refractivity (Wildman–Crippen MR) is 141 cm³/mol. The molecule has 32 heavy (non-hydrogen) atoms. The molecule has 0 radical (unpaired) electrons. The molecule has 4 rings (SSSR count). The van der Waals surface area contributed by atoms with Gasteiger partial charge in [-0.3, -0.25) is 4.74 Å². The molecule has 4 aliphatic rings. The first kappa shape index (κ1) is 28.1. The SMILES string of the molecule is C1=CCC(N=P(C2CCCCC2)(C2CCCCC2)C2CCCCC2)=C1.C=CC=CCC.[Ti]. The molecule has 0 amide bonds. The largest absolute Gasteiger partial charge is 0.271 e. The standard InChI is InChI=1S/C23H38NP.C6H10.Ti/c1-4-14-21(15-5-1)25(22-16-6-2-7-17-22,23-18-8-3-9-19-23)24-20-12-10-11-13-20;1-3-5-6-4-2;/h10-12,21-23H,1-9,13-19H2;3,5-6H,1,4H2,2H3;. The van der Waals surface area contributed by atoms with Gasteiger partial charge in [0.05, 0.1) is 0 Å². The Labute approximate surface area is 214 Å². The molecule has 3 fully saturated rings. The van der Waals surface area contributed by atoms with Crippen LogP contribution in [0, 0.1) is 0 Å². The summed E-state index contributed by atoms with van der Waals surface area (Å²) in [5.74, 6) is 0. The van der Waals surface area contributed by atoms with Crippen molar-refractivity contribution >= 4 is 7.05 Å². The number of allylic oxidation sites excluding steroid dienone is 6. The van der Waals surface area contributed by atoms with Crippen LogP contribution in [0.5, 0.6) is 0 Å². The van der Waals surface area contributed by atoms with Crippen LogP contribution in [0.25, 0.3) is 0 Å². The van der Waals surface area contributed by atoms with E-state index in [9.17, 15) is 0 Å². The van der Waals surface area contributed by atoms with E-state index in [0.717, 1.165) is 29.8 Å². The van der Waals surface area contributed by atoms with Crippen molar-refractivity contribution in [2.45, 2.75) is 133 Å². The zero-order chi connectivity index (χ0) is 21.8. The number of hydrogen-bond donors (Lipinski definition) is 0. The van der Waals surface area contributed by atoms with Crippen LogP contribution in [0.4, 0.5) is 0 Å². The smallest absolute Gasteiger partial charge is 0.0425 e. The molecule has 0 unspecified atom stereocenters. The molecule has 0 aromatic rings. The van der Waals surface area contributed by atoms with E-state index in [4.69, 9.17) is 4.74 Å². The van der Waals surface area contributed by atoms with Crippen molar-refractivity contribution in [1.29, 1.82) is 0 Å². The van der Waals surface area contributed by atoms with Gasteiger partial charge in [-0.1, -0.05) is 102 Å². The number of nitrogens with zero attached hydrogens (tertiary/aromatic N) is 1. The second-order valence-corrected chi connectivity index (χ2v) is 14.1. The van der Waals surface area contributed by atoms with Gasteiger partial charge in [0.15, 0.2) is 0 Å². The predicted octanol–water partition coefficient (Wildman–Crippen LogP) is 10.2. The normalized spacial score (nSPS) is 23.2. The molecule has 0 aromatic carbocycles. The number of hydrogen-bond acceptors (Lipinski definition) is 1. The van der Waals surface area contributed by atoms with Crippen molar-refractivity contribution in [3.8, 4) is 0 Å². The van der Waals surface area contributed by atoms with Crippen LogP contribution < -0.4 is 0 Å². The van der Waals surface area contributed by atoms with Gasteiger partial charge in [-0.15, -0.1) is 0 Å². The van der Waals surface area contributed by atoms with E-state index in [1.54, 1.807) is 6.08 Å². The second kappa shape index (κ2) is 15.7. The Bertz CT molecular complexity index is 619. The van der Waals surface area contributed by atoms with Crippen molar-refractivity contribution in [1.82, 2.24) is 0 Å². The molecule has 0 atom stereocenters. The maximum absolute atomic E-state index is 5.89. The summed E-state index contributed by atoms with van der Waals surface area (Å²) in [5.41, 5.74) is 4.40. The molecule has 0 aromatic heterocycles. The topological polar surface area (TPSA) is 12.4 Å². The molecule has 3 saturated carbocycles. The van der Waals surface area contributed by atoms with Crippen LogP contribution in [0.3, 0.4) is 0 Å². The van der Waals surface area contributed by atoms with Crippen molar-refractivity contribution in [3.05, 3.63) is 48.7 Å². The van der Waals surface area contributed by atoms with Gasteiger partial charge in [-0.2, -0.15) is 0 Å². The molecule has 1 nitrogen and oxygen atoms in total. The van der Waals surface area contributed by atoms with E-state index < -0.39 is 7.05 Å². The van der Waals surface area contributed by atoms with Gasteiger partial charge >= 0.3 is 0 Å². The third-order valence-corrected chi connectivity index (χ3v) is 13.7. The fourth-order valence-electron chi connectivity index (χ4n) is 6.59. The average Bonchev–Trinajstić information content (AvgIpc) is 3.36. The average molecular weight is 490 g/mol. The third-order valence-electron chi connectivity index (χ3n) is 8.04. The Hall–Kier alpha value is -0.0957. The minimum atomic E-state index is -1.25. The zero-order valence-corrected chi connectivity index (χ0v) is 23.3. The Kier molecular flexibility index (Phi) is 13.8. The minimum Gasteiger partial charge on any atom is -0.271 e. The van der Waals surface area contributed by atoms with Crippen LogP contribution in [0.15, 0.2) is 53.5 Å². The van der Waals surface area contributed by atoms with Gasteiger partial charge in [0.1, 0.15) is 0 Å². The van der Waals surface area contributed by atoms with E-state index in [0.29, 0.717) is 0 Å². The van der Waals surface area contributed by atoms with Crippen LogP contribution in [0.2, 0.25) is 0 Å². The van der Waals surface area contributed by atoms with Gasteiger partial charge in [0.2, 0.25) is 0 Å². The molecule has 0 saturated heterocycles. The third kappa shape index (κ3) is 7.72. The summed E-state index contributed by atoms with van der Waals surface area (Å²) in [7, 11) is -1.25. The first-order chi connectivity index (χ1) is 15.3. The number of rotatable bonds is 6. The molecular weight excluding hydrogens is 441 g/mol. The van der Waals surface area contributed by atoms with Gasteiger partial charge in [0, 0.05) is 33.8 Å². The van der Waals surface area contributed by atoms with Crippen LogP contribution in [-0.4, -0.2) is 17.0 Å². The fraction of sp³-hybridized carbons (Fsp3) is 0.724. The molecule has 178 valence electrons. The van der Waals surface area contributed by atoms with Gasteiger partial charge in [-0.05, 0) is 75.1 Å². The van der Waals surface area contributed by atoms with Crippen molar-refractivity contribution in [2.24, 2.45) is 4.74 Å². The van der Waals surface area contributed by atoms with Gasteiger partial charge in [0.25, 0.3) is 0 Å². The minimum absolute atomic E-state index is 0. The Morgan fingerprint density at radius 1 is 0.844 bits per heavy atom. The summed E-state index contributed by atoms with van der Waals surface area (Å²) in [6.45, 7) is 5.61. The first-order valence-electron chi connectivity index (χ1n) is 13.6. The van der Waals surface area contributed by atoms with E-state index in [2.05, 4.69) is 37.8 Å². The zero-order valence-electron chi connectivity index (χ0n) is 20.8. The Morgan fingerprint density at radius 2 is 1.31 bits per heavy atom. The molecule has 0 N–H and O–H groups in total. The molecule has 0 aliphatic heterocycles. The second-order valence-electron chi connectivity index (χ2n) is 10.1. The van der Waals surface area contributed by atoms with E-state index in [1.165, 1.54) is 102 Å². The molecule has 3 heteroatoms. The van der Waals surface area contributed by atoms with E-state index in [1.807, 2.05) is 6.08 Å². The molecule has 0 heterocycles. The van der Waals surface area contributed by atoms with Gasteiger partial charge in [-0.25, -0.2) is 0 Å². The molecular formula is C29H48NPTi. The summed E-state index contributed by atoms with van der Waals surface area (Å²) >= 11 is 0. The monoisotopic (exact) mass is 489 g/mol. The van der Waals surface area contributed by atoms with E-state index in [-0.39, 0.29) is 21.7 Å². The quantitative estimate of drug-likeness (QED) is 0.200.